The monoisotopic (exact) mass is 253 g/mol. The molecule has 2 aliphatic heterocycles. The number of likely N-dealkylation sites (N-methyl/N-ethyl adjacent to an activating group) is 1. The molecule has 2 aliphatic rings. The van der Waals surface area contributed by atoms with Crippen LogP contribution >= 0.6 is 0 Å². The Morgan fingerprint density at radius 1 is 0.944 bits per heavy atom. The third-order valence-corrected chi connectivity index (χ3v) is 4.71. The highest BCUT2D eigenvalue weighted by Gasteiger charge is 2.23. The van der Waals surface area contributed by atoms with Crippen molar-refractivity contribution in [2.24, 2.45) is 5.92 Å². The van der Waals surface area contributed by atoms with Crippen LogP contribution in [0.5, 0.6) is 0 Å². The normalized spacial score (nSPS) is 26.7. The van der Waals surface area contributed by atoms with E-state index in [4.69, 9.17) is 0 Å². The standard InChI is InChI=1S/C15H31N3/c1-14(2)18-9-5-15(6-10-18)13-17-8-4-7-16(3)11-12-17/h14-15H,4-13H2,1-3H3. The zero-order chi connectivity index (χ0) is 13.0. The van der Waals surface area contributed by atoms with E-state index < -0.39 is 0 Å². The van der Waals surface area contributed by atoms with Crippen molar-refractivity contribution in [3.05, 3.63) is 0 Å². The lowest BCUT2D eigenvalue weighted by atomic mass is 9.95. The summed E-state index contributed by atoms with van der Waals surface area (Å²) in [5.41, 5.74) is 0. The maximum Gasteiger partial charge on any atom is 0.0109 e. The predicted octanol–water partition coefficient (Wildman–Crippen LogP) is 1.74. The smallest absolute Gasteiger partial charge is 0.0109 e. The lowest BCUT2D eigenvalue weighted by molar-refractivity contribution is 0.123. The number of likely N-dealkylation sites (tertiary alicyclic amines) is 1. The first-order chi connectivity index (χ1) is 8.65. The minimum atomic E-state index is 0.734. The topological polar surface area (TPSA) is 9.72 Å². The zero-order valence-corrected chi connectivity index (χ0v) is 12.6. The predicted molar refractivity (Wildman–Crippen MR) is 78.0 cm³/mol. The Labute approximate surface area is 113 Å². The molecule has 2 saturated heterocycles. The minimum Gasteiger partial charge on any atom is -0.305 e. The number of hydrogen-bond donors (Lipinski definition) is 0. The highest BCUT2D eigenvalue weighted by Crippen LogP contribution is 2.20. The first-order valence-electron chi connectivity index (χ1n) is 7.80. The van der Waals surface area contributed by atoms with Crippen molar-refractivity contribution in [1.29, 1.82) is 0 Å². The van der Waals surface area contributed by atoms with Crippen LogP contribution in [0.3, 0.4) is 0 Å². The Balaban J connectivity index is 1.71. The molecule has 0 N–H and O–H groups in total. The van der Waals surface area contributed by atoms with Gasteiger partial charge in [-0.15, -0.1) is 0 Å². The fourth-order valence-electron chi connectivity index (χ4n) is 3.30. The molecule has 0 bridgehead atoms. The number of piperidine rings is 1. The summed E-state index contributed by atoms with van der Waals surface area (Å²) < 4.78 is 0. The van der Waals surface area contributed by atoms with E-state index in [2.05, 4.69) is 35.6 Å². The van der Waals surface area contributed by atoms with Crippen molar-refractivity contribution in [3.8, 4) is 0 Å². The second-order valence-electron chi connectivity index (χ2n) is 6.53. The number of hydrogen-bond acceptors (Lipinski definition) is 3. The average Bonchev–Trinajstić information content (AvgIpc) is 2.55. The van der Waals surface area contributed by atoms with E-state index in [9.17, 15) is 0 Å². The van der Waals surface area contributed by atoms with Crippen molar-refractivity contribution in [2.45, 2.75) is 39.2 Å². The summed E-state index contributed by atoms with van der Waals surface area (Å²) in [4.78, 5) is 7.81. The molecule has 0 spiro atoms. The number of nitrogens with zero attached hydrogens (tertiary/aromatic N) is 3. The average molecular weight is 253 g/mol. The number of rotatable bonds is 3. The lowest BCUT2D eigenvalue weighted by Crippen LogP contribution is -2.42. The summed E-state index contributed by atoms with van der Waals surface area (Å²) in [7, 11) is 2.25. The molecule has 0 radical (unpaired) electrons. The van der Waals surface area contributed by atoms with Gasteiger partial charge in [-0.1, -0.05) is 0 Å². The molecule has 2 fully saturated rings. The molecular weight excluding hydrogens is 222 g/mol. The van der Waals surface area contributed by atoms with Crippen LogP contribution in [0.2, 0.25) is 0 Å². The van der Waals surface area contributed by atoms with E-state index in [-0.39, 0.29) is 0 Å². The molecule has 0 atom stereocenters. The Bertz CT molecular complexity index is 234. The van der Waals surface area contributed by atoms with Crippen molar-refractivity contribution in [1.82, 2.24) is 14.7 Å². The molecule has 0 aromatic rings. The van der Waals surface area contributed by atoms with Gasteiger partial charge in [0.1, 0.15) is 0 Å². The van der Waals surface area contributed by atoms with Crippen molar-refractivity contribution in [3.63, 3.8) is 0 Å². The summed E-state index contributed by atoms with van der Waals surface area (Å²) in [6.07, 6.45) is 4.16. The highest BCUT2D eigenvalue weighted by atomic mass is 15.2. The van der Waals surface area contributed by atoms with E-state index in [1.807, 2.05) is 0 Å². The second kappa shape index (κ2) is 6.88. The van der Waals surface area contributed by atoms with Crippen LogP contribution in [0, 0.1) is 5.92 Å². The van der Waals surface area contributed by atoms with Gasteiger partial charge in [0, 0.05) is 25.7 Å². The summed E-state index contributed by atoms with van der Waals surface area (Å²) in [6, 6.07) is 0.734. The molecule has 3 heteroatoms. The van der Waals surface area contributed by atoms with Crippen molar-refractivity contribution < 1.29 is 0 Å². The molecule has 0 amide bonds. The minimum absolute atomic E-state index is 0.734. The molecule has 2 heterocycles. The van der Waals surface area contributed by atoms with Gasteiger partial charge in [0.15, 0.2) is 0 Å². The SMILES string of the molecule is CC(C)N1CCC(CN2CCCN(C)CC2)CC1. The van der Waals surface area contributed by atoms with Crippen LogP contribution in [0.1, 0.15) is 33.1 Å². The summed E-state index contributed by atoms with van der Waals surface area (Å²) in [6.45, 7) is 13.8. The van der Waals surface area contributed by atoms with E-state index in [1.54, 1.807) is 0 Å². The zero-order valence-electron chi connectivity index (χ0n) is 12.6. The van der Waals surface area contributed by atoms with E-state index in [0.717, 1.165) is 12.0 Å². The molecule has 0 unspecified atom stereocenters. The highest BCUT2D eigenvalue weighted by molar-refractivity contribution is 4.78. The lowest BCUT2D eigenvalue weighted by Gasteiger charge is -2.36. The summed E-state index contributed by atoms with van der Waals surface area (Å²) in [5, 5.41) is 0. The molecular formula is C15H31N3. The largest absolute Gasteiger partial charge is 0.305 e. The van der Waals surface area contributed by atoms with Gasteiger partial charge in [-0.25, -0.2) is 0 Å². The van der Waals surface area contributed by atoms with Crippen LogP contribution < -0.4 is 0 Å². The third-order valence-electron chi connectivity index (χ3n) is 4.71. The van der Waals surface area contributed by atoms with Gasteiger partial charge >= 0.3 is 0 Å². The molecule has 0 aliphatic carbocycles. The van der Waals surface area contributed by atoms with E-state index >= 15 is 0 Å². The van der Waals surface area contributed by atoms with E-state index in [1.165, 1.54) is 65.1 Å². The van der Waals surface area contributed by atoms with Crippen molar-refractivity contribution in [2.75, 3.05) is 52.9 Å². The van der Waals surface area contributed by atoms with Crippen LogP contribution in [0.25, 0.3) is 0 Å². The van der Waals surface area contributed by atoms with Gasteiger partial charge in [0.2, 0.25) is 0 Å². The first-order valence-corrected chi connectivity index (χ1v) is 7.80. The Hall–Kier alpha value is -0.120. The molecule has 0 aromatic heterocycles. The summed E-state index contributed by atoms with van der Waals surface area (Å²) in [5.74, 6) is 0.948. The summed E-state index contributed by atoms with van der Waals surface area (Å²) >= 11 is 0. The Kier molecular flexibility index (Phi) is 5.46. The maximum absolute atomic E-state index is 2.71. The Morgan fingerprint density at radius 3 is 2.33 bits per heavy atom. The molecule has 3 nitrogen and oxygen atoms in total. The van der Waals surface area contributed by atoms with Gasteiger partial charge in [-0.2, -0.15) is 0 Å². The van der Waals surface area contributed by atoms with Crippen LogP contribution in [-0.2, 0) is 0 Å². The fourth-order valence-corrected chi connectivity index (χ4v) is 3.30. The fraction of sp³-hybridized carbons (Fsp3) is 1.00. The van der Waals surface area contributed by atoms with Gasteiger partial charge in [-0.05, 0) is 72.3 Å². The third kappa shape index (κ3) is 4.22. The Morgan fingerprint density at radius 2 is 1.67 bits per heavy atom. The quantitative estimate of drug-likeness (QED) is 0.759. The first kappa shape index (κ1) is 14.3. The molecule has 106 valence electrons. The van der Waals surface area contributed by atoms with Gasteiger partial charge in [-0.3, -0.25) is 0 Å². The van der Waals surface area contributed by atoms with Crippen LogP contribution in [0.4, 0.5) is 0 Å². The van der Waals surface area contributed by atoms with Gasteiger partial charge in [0.05, 0.1) is 0 Å². The van der Waals surface area contributed by atoms with Crippen molar-refractivity contribution >= 4 is 0 Å². The van der Waals surface area contributed by atoms with Crippen LogP contribution in [0.15, 0.2) is 0 Å². The van der Waals surface area contributed by atoms with Crippen LogP contribution in [-0.4, -0.2) is 73.6 Å². The molecule has 2 rings (SSSR count). The maximum atomic E-state index is 2.71. The second-order valence-corrected chi connectivity index (χ2v) is 6.53. The molecule has 0 aromatic carbocycles. The van der Waals surface area contributed by atoms with Gasteiger partial charge < -0.3 is 14.7 Å². The molecule has 0 saturated carbocycles. The molecule has 18 heavy (non-hydrogen) atoms. The van der Waals surface area contributed by atoms with E-state index in [0.29, 0.717) is 0 Å². The van der Waals surface area contributed by atoms with Gasteiger partial charge in [0.25, 0.3) is 0 Å².